The SMILES string of the molecule is CCOC(=O)c1c(-c2cccs2)csc1NC(=O)C[NH2+]Cc1cccc(Cl)c1. The summed E-state index contributed by atoms with van der Waals surface area (Å²) in [6.45, 7) is 2.92. The molecular weight excluding hydrogens is 416 g/mol. The van der Waals surface area contributed by atoms with Crippen molar-refractivity contribution in [3.8, 4) is 10.4 Å². The average molecular weight is 436 g/mol. The molecule has 3 N–H and O–H groups in total. The molecule has 1 aromatic carbocycles. The largest absolute Gasteiger partial charge is 0.462 e. The van der Waals surface area contributed by atoms with E-state index in [0.717, 1.165) is 16.0 Å². The molecule has 0 bridgehead atoms. The van der Waals surface area contributed by atoms with Gasteiger partial charge in [0.1, 0.15) is 17.1 Å². The number of carbonyl (C=O) groups excluding carboxylic acids is 2. The van der Waals surface area contributed by atoms with Crippen molar-refractivity contribution in [3.05, 3.63) is 63.3 Å². The number of ether oxygens (including phenoxy) is 1. The second-order valence-electron chi connectivity index (χ2n) is 5.93. The normalized spacial score (nSPS) is 10.6. The highest BCUT2D eigenvalue weighted by Crippen LogP contribution is 2.38. The summed E-state index contributed by atoms with van der Waals surface area (Å²) < 4.78 is 5.20. The number of quaternary nitrogens is 1. The molecule has 0 spiro atoms. The van der Waals surface area contributed by atoms with Crippen LogP contribution >= 0.6 is 34.3 Å². The molecule has 0 aliphatic carbocycles. The molecule has 0 atom stereocenters. The topological polar surface area (TPSA) is 72.0 Å². The number of halogens is 1. The number of hydrogen-bond acceptors (Lipinski definition) is 5. The summed E-state index contributed by atoms with van der Waals surface area (Å²) in [5.74, 6) is -0.600. The fraction of sp³-hybridized carbons (Fsp3) is 0.200. The zero-order chi connectivity index (χ0) is 19.9. The lowest BCUT2D eigenvalue weighted by molar-refractivity contribution is -0.659. The number of rotatable bonds is 8. The molecule has 2 heterocycles. The minimum Gasteiger partial charge on any atom is -0.462 e. The molecule has 0 aliphatic heterocycles. The zero-order valence-electron chi connectivity index (χ0n) is 15.2. The molecule has 8 heteroatoms. The van der Waals surface area contributed by atoms with Crippen LogP contribution in [0.3, 0.4) is 0 Å². The molecule has 1 amide bonds. The molecule has 2 aromatic heterocycles. The van der Waals surface area contributed by atoms with E-state index in [-0.39, 0.29) is 19.1 Å². The van der Waals surface area contributed by atoms with Crippen LogP contribution in [0.15, 0.2) is 47.2 Å². The standard InChI is InChI=1S/C20H19ClN2O3S2/c1-2-26-20(25)18-15(16-7-4-8-27-16)12-28-19(18)23-17(24)11-22-10-13-5-3-6-14(21)9-13/h3-9,12,22H,2,10-11H2,1H3,(H,23,24)/p+1. The van der Waals surface area contributed by atoms with Crippen molar-refractivity contribution in [1.82, 2.24) is 0 Å². The van der Waals surface area contributed by atoms with E-state index in [0.29, 0.717) is 22.1 Å². The third-order valence-corrected chi connectivity index (χ3v) is 5.94. The Balaban J connectivity index is 1.67. The third-order valence-electron chi connectivity index (χ3n) is 3.91. The van der Waals surface area contributed by atoms with Gasteiger partial charge in [-0.15, -0.1) is 22.7 Å². The van der Waals surface area contributed by atoms with Gasteiger partial charge in [0.05, 0.1) is 6.61 Å². The second-order valence-corrected chi connectivity index (χ2v) is 8.19. The first-order chi connectivity index (χ1) is 13.6. The number of esters is 1. The van der Waals surface area contributed by atoms with Crippen LogP contribution in [0.1, 0.15) is 22.8 Å². The minimum absolute atomic E-state index is 0.174. The summed E-state index contributed by atoms with van der Waals surface area (Å²) in [6.07, 6.45) is 0. The van der Waals surface area contributed by atoms with E-state index in [1.54, 1.807) is 6.92 Å². The number of carbonyl (C=O) groups is 2. The Kier molecular flexibility index (Phi) is 7.22. The summed E-state index contributed by atoms with van der Waals surface area (Å²) >= 11 is 8.85. The summed E-state index contributed by atoms with van der Waals surface area (Å²) in [5.41, 5.74) is 2.25. The van der Waals surface area contributed by atoms with Crippen LogP contribution in [0.25, 0.3) is 10.4 Å². The summed E-state index contributed by atoms with van der Waals surface area (Å²) in [6, 6.07) is 11.4. The number of anilines is 1. The zero-order valence-corrected chi connectivity index (χ0v) is 17.6. The predicted molar refractivity (Wildman–Crippen MR) is 114 cm³/mol. The van der Waals surface area contributed by atoms with E-state index in [2.05, 4.69) is 5.32 Å². The van der Waals surface area contributed by atoms with Crippen molar-refractivity contribution in [2.24, 2.45) is 0 Å². The monoisotopic (exact) mass is 435 g/mol. The highest BCUT2D eigenvalue weighted by atomic mass is 35.5. The van der Waals surface area contributed by atoms with Gasteiger partial charge in [0.15, 0.2) is 6.54 Å². The van der Waals surface area contributed by atoms with Gasteiger partial charge < -0.3 is 15.4 Å². The lowest BCUT2D eigenvalue weighted by Crippen LogP contribution is -2.84. The summed E-state index contributed by atoms with van der Waals surface area (Å²) in [4.78, 5) is 25.8. The lowest BCUT2D eigenvalue weighted by Gasteiger charge is -2.08. The van der Waals surface area contributed by atoms with Crippen LogP contribution in [0, 0.1) is 0 Å². The van der Waals surface area contributed by atoms with E-state index in [9.17, 15) is 9.59 Å². The fourth-order valence-electron chi connectivity index (χ4n) is 2.68. The molecule has 28 heavy (non-hydrogen) atoms. The number of hydrogen-bond donors (Lipinski definition) is 2. The Bertz CT molecular complexity index is 954. The maximum absolute atomic E-state index is 12.5. The maximum atomic E-state index is 12.5. The number of thiophene rings is 2. The van der Waals surface area contributed by atoms with Crippen molar-refractivity contribution < 1.29 is 19.6 Å². The van der Waals surface area contributed by atoms with E-state index >= 15 is 0 Å². The Morgan fingerprint density at radius 1 is 1.21 bits per heavy atom. The van der Waals surface area contributed by atoms with Crippen LogP contribution < -0.4 is 10.6 Å². The highest BCUT2D eigenvalue weighted by Gasteiger charge is 2.23. The summed E-state index contributed by atoms with van der Waals surface area (Å²) in [7, 11) is 0. The maximum Gasteiger partial charge on any atom is 0.341 e. The van der Waals surface area contributed by atoms with Crippen molar-refractivity contribution >= 4 is 51.2 Å². The quantitative estimate of drug-likeness (QED) is 0.525. The van der Waals surface area contributed by atoms with Gasteiger partial charge in [0, 0.05) is 26.4 Å². The smallest absolute Gasteiger partial charge is 0.341 e. The van der Waals surface area contributed by atoms with Crippen molar-refractivity contribution in [1.29, 1.82) is 0 Å². The van der Waals surface area contributed by atoms with Gasteiger partial charge in [0.2, 0.25) is 0 Å². The molecule has 0 saturated carbocycles. The average Bonchev–Trinajstić information content (AvgIpc) is 3.31. The van der Waals surface area contributed by atoms with Crippen LogP contribution in [-0.2, 0) is 16.1 Å². The molecule has 0 radical (unpaired) electrons. The van der Waals surface area contributed by atoms with Crippen LogP contribution in [0.4, 0.5) is 5.00 Å². The minimum atomic E-state index is -0.426. The second kappa shape index (κ2) is 9.84. The van der Waals surface area contributed by atoms with Gasteiger partial charge >= 0.3 is 5.97 Å². The first kappa shape index (κ1) is 20.5. The third kappa shape index (κ3) is 5.20. The van der Waals surface area contributed by atoms with Gasteiger partial charge in [0.25, 0.3) is 5.91 Å². The fourth-order valence-corrected chi connectivity index (χ4v) is 4.68. The summed E-state index contributed by atoms with van der Waals surface area (Å²) in [5, 5.41) is 9.76. The van der Waals surface area contributed by atoms with Crippen LogP contribution in [0.5, 0.6) is 0 Å². The molecule has 3 rings (SSSR count). The molecule has 0 saturated heterocycles. The first-order valence-electron chi connectivity index (χ1n) is 8.77. The van der Waals surface area contributed by atoms with Crippen LogP contribution in [0.2, 0.25) is 5.02 Å². The van der Waals surface area contributed by atoms with Crippen molar-refractivity contribution in [2.75, 3.05) is 18.5 Å². The first-order valence-corrected chi connectivity index (χ1v) is 10.9. The van der Waals surface area contributed by atoms with Crippen molar-refractivity contribution in [3.63, 3.8) is 0 Å². The molecule has 3 aromatic rings. The number of nitrogens with one attached hydrogen (secondary N) is 1. The Labute approximate surface area is 176 Å². The van der Waals surface area contributed by atoms with Gasteiger partial charge in [-0.05, 0) is 30.5 Å². The van der Waals surface area contributed by atoms with E-state index in [1.807, 2.05) is 52.5 Å². The number of benzene rings is 1. The molecular formula is C20H20ClN2O3S2+. The highest BCUT2D eigenvalue weighted by molar-refractivity contribution is 7.17. The van der Waals surface area contributed by atoms with Crippen molar-refractivity contribution in [2.45, 2.75) is 13.5 Å². The molecule has 0 fully saturated rings. The predicted octanol–water partition coefficient (Wildman–Crippen LogP) is 4.01. The Hall–Kier alpha value is -2.19. The van der Waals surface area contributed by atoms with Gasteiger partial charge in [-0.1, -0.05) is 29.8 Å². The van der Waals surface area contributed by atoms with Gasteiger partial charge in [-0.25, -0.2) is 4.79 Å². The number of amides is 1. The van der Waals surface area contributed by atoms with E-state index < -0.39 is 5.97 Å². The van der Waals surface area contributed by atoms with E-state index in [1.165, 1.54) is 22.7 Å². The molecule has 146 valence electrons. The lowest BCUT2D eigenvalue weighted by atomic mass is 10.1. The molecule has 0 aliphatic rings. The Morgan fingerprint density at radius 2 is 2.07 bits per heavy atom. The van der Waals surface area contributed by atoms with Gasteiger partial charge in [-0.3, -0.25) is 4.79 Å². The van der Waals surface area contributed by atoms with Crippen LogP contribution in [-0.4, -0.2) is 25.0 Å². The number of nitrogens with two attached hydrogens (primary N) is 1. The Morgan fingerprint density at radius 3 is 2.79 bits per heavy atom. The van der Waals surface area contributed by atoms with E-state index in [4.69, 9.17) is 16.3 Å². The van der Waals surface area contributed by atoms with Gasteiger partial charge in [-0.2, -0.15) is 0 Å². The molecule has 5 nitrogen and oxygen atoms in total. The molecule has 0 unspecified atom stereocenters.